The maximum absolute atomic E-state index is 5.27. The molecule has 1 aliphatic rings. The summed E-state index contributed by atoms with van der Waals surface area (Å²) >= 11 is 0. The molecule has 0 saturated carbocycles. The van der Waals surface area contributed by atoms with E-state index in [9.17, 15) is 0 Å². The Bertz CT molecular complexity index is 356. The van der Waals surface area contributed by atoms with Gasteiger partial charge in [0.25, 0.3) is 0 Å². The Labute approximate surface area is 98.0 Å². The Balaban J connectivity index is 2.13. The molecule has 2 rings (SSSR count). The van der Waals surface area contributed by atoms with Gasteiger partial charge in [-0.2, -0.15) is 0 Å². The van der Waals surface area contributed by atoms with Crippen LogP contribution in [0.25, 0.3) is 0 Å². The molecule has 0 aromatic heterocycles. The minimum absolute atomic E-state index is 0.451. The molecule has 2 nitrogen and oxygen atoms in total. The molecule has 16 heavy (non-hydrogen) atoms. The van der Waals surface area contributed by atoms with Crippen LogP contribution in [0.3, 0.4) is 0 Å². The third kappa shape index (κ3) is 2.07. The highest BCUT2D eigenvalue weighted by molar-refractivity contribution is 5.29. The summed E-state index contributed by atoms with van der Waals surface area (Å²) < 4.78 is 5.27. The van der Waals surface area contributed by atoms with Crippen LogP contribution in [0.5, 0.6) is 5.75 Å². The van der Waals surface area contributed by atoms with Crippen LogP contribution in [0.2, 0.25) is 0 Å². The molecule has 2 heteroatoms. The minimum Gasteiger partial charge on any atom is -0.497 e. The van der Waals surface area contributed by atoms with E-state index in [0.29, 0.717) is 5.41 Å². The molecule has 1 aromatic carbocycles. The molecule has 1 N–H and O–H groups in total. The lowest BCUT2D eigenvalue weighted by Crippen LogP contribution is -2.57. The Kier molecular flexibility index (Phi) is 3.20. The van der Waals surface area contributed by atoms with Crippen molar-refractivity contribution < 1.29 is 4.74 Å². The van der Waals surface area contributed by atoms with Gasteiger partial charge in [-0.3, -0.25) is 0 Å². The summed E-state index contributed by atoms with van der Waals surface area (Å²) in [6, 6.07) is 8.44. The fraction of sp³-hybridized carbons (Fsp3) is 0.571. The smallest absolute Gasteiger partial charge is 0.119 e. The largest absolute Gasteiger partial charge is 0.497 e. The normalized spacial score (nSPS) is 18.2. The zero-order chi connectivity index (χ0) is 11.6. The molecule has 0 unspecified atom stereocenters. The van der Waals surface area contributed by atoms with Crippen molar-refractivity contribution in [2.45, 2.75) is 20.3 Å². The van der Waals surface area contributed by atoms with Crippen molar-refractivity contribution >= 4 is 0 Å². The van der Waals surface area contributed by atoms with Crippen molar-refractivity contribution in [1.29, 1.82) is 0 Å². The number of rotatable bonds is 4. The third-order valence-electron chi connectivity index (χ3n) is 3.87. The second kappa shape index (κ2) is 4.46. The van der Waals surface area contributed by atoms with Crippen molar-refractivity contribution in [1.82, 2.24) is 5.32 Å². The molecule has 0 atom stereocenters. The average molecular weight is 219 g/mol. The number of hydrogen-bond acceptors (Lipinski definition) is 2. The van der Waals surface area contributed by atoms with Gasteiger partial charge >= 0.3 is 0 Å². The fourth-order valence-electron chi connectivity index (χ4n) is 2.37. The number of nitrogens with one attached hydrogen (secondary N) is 1. The lowest BCUT2D eigenvalue weighted by Gasteiger charge is -2.46. The maximum Gasteiger partial charge on any atom is 0.119 e. The Morgan fingerprint density at radius 2 is 2.12 bits per heavy atom. The van der Waals surface area contributed by atoms with Gasteiger partial charge in [-0.25, -0.2) is 0 Å². The first-order valence-electron chi connectivity index (χ1n) is 6.00. The van der Waals surface area contributed by atoms with Gasteiger partial charge in [0.05, 0.1) is 7.11 Å². The summed E-state index contributed by atoms with van der Waals surface area (Å²) in [6.45, 7) is 6.92. The minimum atomic E-state index is 0.451. The van der Waals surface area contributed by atoms with E-state index in [-0.39, 0.29) is 0 Å². The van der Waals surface area contributed by atoms with Gasteiger partial charge in [0.1, 0.15) is 5.75 Å². The number of ether oxygens (including phenoxy) is 1. The van der Waals surface area contributed by atoms with Gasteiger partial charge in [-0.15, -0.1) is 0 Å². The maximum atomic E-state index is 5.27. The lowest BCUT2D eigenvalue weighted by molar-refractivity contribution is 0.0994. The van der Waals surface area contributed by atoms with Crippen LogP contribution >= 0.6 is 0 Å². The van der Waals surface area contributed by atoms with Crippen molar-refractivity contribution in [3.8, 4) is 5.75 Å². The predicted octanol–water partition coefficient (Wildman–Crippen LogP) is 2.48. The van der Waals surface area contributed by atoms with Crippen LogP contribution in [0.15, 0.2) is 24.3 Å². The van der Waals surface area contributed by atoms with Crippen LogP contribution < -0.4 is 10.1 Å². The number of hydrogen-bond donors (Lipinski definition) is 1. The lowest BCUT2D eigenvalue weighted by atomic mass is 9.68. The fourth-order valence-corrected chi connectivity index (χ4v) is 2.37. The van der Waals surface area contributed by atoms with Gasteiger partial charge < -0.3 is 10.1 Å². The molecular weight excluding hydrogens is 198 g/mol. The van der Waals surface area contributed by atoms with Gasteiger partial charge in [0, 0.05) is 18.5 Å². The molecule has 0 aliphatic carbocycles. The number of methoxy groups -OCH3 is 1. The SMILES string of the molecule is COc1cccc(CC2(C(C)C)CNC2)c1. The Morgan fingerprint density at radius 3 is 2.62 bits per heavy atom. The quantitative estimate of drug-likeness (QED) is 0.840. The molecule has 0 radical (unpaired) electrons. The summed E-state index contributed by atoms with van der Waals surface area (Å²) in [7, 11) is 1.72. The van der Waals surface area contributed by atoms with Gasteiger partial charge in [0.15, 0.2) is 0 Å². The zero-order valence-electron chi connectivity index (χ0n) is 10.4. The van der Waals surface area contributed by atoms with E-state index in [1.165, 1.54) is 5.56 Å². The second-order valence-corrected chi connectivity index (χ2v) is 5.15. The number of benzene rings is 1. The summed E-state index contributed by atoms with van der Waals surface area (Å²) in [5.74, 6) is 1.68. The van der Waals surface area contributed by atoms with Crippen molar-refractivity contribution in [3.05, 3.63) is 29.8 Å². The first-order chi connectivity index (χ1) is 7.66. The van der Waals surface area contributed by atoms with Crippen molar-refractivity contribution in [2.24, 2.45) is 11.3 Å². The van der Waals surface area contributed by atoms with E-state index in [1.54, 1.807) is 7.11 Å². The van der Waals surface area contributed by atoms with Gasteiger partial charge in [-0.1, -0.05) is 26.0 Å². The average Bonchev–Trinajstić information content (AvgIpc) is 2.23. The van der Waals surface area contributed by atoms with Crippen LogP contribution in [0.1, 0.15) is 19.4 Å². The predicted molar refractivity (Wildman–Crippen MR) is 66.8 cm³/mol. The van der Waals surface area contributed by atoms with Crippen LogP contribution in [-0.2, 0) is 6.42 Å². The van der Waals surface area contributed by atoms with E-state index in [2.05, 4.69) is 37.4 Å². The molecule has 1 saturated heterocycles. The van der Waals surface area contributed by atoms with Gasteiger partial charge in [-0.05, 0) is 30.0 Å². The summed E-state index contributed by atoms with van der Waals surface area (Å²) in [5.41, 5.74) is 1.83. The van der Waals surface area contributed by atoms with Crippen molar-refractivity contribution in [2.75, 3.05) is 20.2 Å². The molecule has 1 heterocycles. The summed E-state index contributed by atoms with van der Waals surface area (Å²) in [6.07, 6.45) is 1.15. The van der Waals surface area contributed by atoms with E-state index in [4.69, 9.17) is 4.74 Å². The topological polar surface area (TPSA) is 21.3 Å². The molecule has 0 amide bonds. The molecule has 1 fully saturated rings. The van der Waals surface area contributed by atoms with E-state index < -0.39 is 0 Å². The first kappa shape index (κ1) is 11.5. The third-order valence-corrected chi connectivity index (χ3v) is 3.87. The summed E-state index contributed by atoms with van der Waals surface area (Å²) in [4.78, 5) is 0. The monoisotopic (exact) mass is 219 g/mol. The van der Waals surface area contributed by atoms with Crippen molar-refractivity contribution in [3.63, 3.8) is 0 Å². The molecular formula is C14H21NO. The molecule has 0 bridgehead atoms. The van der Waals surface area contributed by atoms with Crippen LogP contribution in [-0.4, -0.2) is 20.2 Å². The second-order valence-electron chi connectivity index (χ2n) is 5.15. The molecule has 1 aliphatic heterocycles. The highest BCUT2D eigenvalue weighted by Gasteiger charge is 2.39. The van der Waals surface area contributed by atoms with Crippen LogP contribution in [0.4, 0.5) is 0 Å². The molecule has 0 spiro atoms. The highest BCUT2D eigenvalue weighted by Crippen LogP contribution is 2.36. The Morgan fingerprint density at radius 1 is 1.38 bits per heavy atom. The van der Waals surface area contributed by atoms with Gasteiger partial charge in [0.2, 0.25) is 0 Å². The van der Waals surface area contributed by atoms with E-state index in [1.807, 2.05) is 6.07 Å². The molecule has 1 aromatic rings. The van der Waals surface area contributed by atoms with E-state index in [0.717, 1.165) is 31.2 Å². The Hall–Kier alpha value is -1.02. The first-order valence-corrected chi connectivity index (χ1v) is 6.00. The summed E-state index contributed by atoms with van der Waals surface area (Å²) in [5, 5.41) is 3.40. The standard InChI is InChI=1S/C14H21NO/c1-11(2)14(9-15-10-14)8-12-5-4-6-13(7-12)16-3/h4-7,11,15H,8-10H2,1-3H3. The van der Waals surface area contributed by atoms with E-state index >= 15 is 0 Å². The van der Waals surface area contributed by atoms with Crippen LogP contribution in [0, 0.1) is 11.3 Å². The highest BCUT2D eigenvalue weighted by atomic mass is 16.5. The zero-order valence-corrected chi connectivity index (χ0v) is 10.4. The molecule has 88 valence electrons.